The van der Waals surface area contributed by atoms with Gasteiger partial charge < -0.3 is 20.4 Å². The Balaban J connectivity index is 0.00000450. The molecule has 0 aromatic heterocycles. The van der Waals surface area contributed by atoms with Gasteiger partial charge in [0.25, 0.3) is 5.91 Å². The summed E-state index contributed by atoms with van der Waals surface area (Å²) < 4.78 is 0. The lowest BCUT2D eigenvalue weighted by molar-refractivity contribution is 0.0827. The van der Waals surface area contributed by atoms with E-state index in [1.54, 1.807) is 19.0 Å². The van der Waals surface area contributed by atoms with Crippen LogP contribution in [0.25, 0.3) is 0 Å². The number of likely N-dealkylation sites (tertiary alicyclic amines) is 1. The fourth-order valence-electron chi connectivity index (χ4n) is 4.01. The fourth-order valence-corrected chi connectivity index (χ4v) is 4.01. The Bertz CT molecular complexity index is 652. The molecule has 0 bridgehead atoms. The van der Waals surface area contributed by atoms with Crippen molar-refractivity contribution in [1.82, 2.24) is 20.4 Å². The van der Waals surface area contributed by atoms with Crippen molar-refractivity contribution in [2.24, 2.45) is 16.8 Å². The molecular weight excluding hydrogens is 489 g/mol. The van der Waals surface area contributed by atoms with Gasteiger partial charge in [0.15, 0.2) is 5.96 Å². The summed E-state index contributed by atoms with van der Waals surface area (Å²) in [6, 6.07) is 7.69. The Kier molecular flexibility index (Phi) is 12.3. The van der Waals surface area contributed by atoms with E-state index < -0.39 is 0 Å². The normalized spacial score (nSPS) is 19.7. The van der Waals surface area contributed by atoms with E-state index >= 15 is 0 Å². The lowest BCUT2D eigenvalue weighted by Crippen LogP contribution is -2.41. The van der Waals surface area contributed by atoms with Crippen molar-refractivity contribution < 1.29 is 4.79 Å². The first kappa shape index (κ1) is 26.7. The zero-order valence-electron chi connectivity index (χ0n) is 19.3. The van der Waals surface area contributed by atoms with Gasteiger partial charge in [-0.3, -0.25) is 4.79 Å². The molecule has 2 rings (SSSR count). The molecule has 1 saturated heterocycles. The minimum absolute atomic E-state index is 0. The molecule has 1 aromatic rings. The van der Waals surface area contributed by atoms with E-state index in [-0.39, 0.29) is 29.9 Å². The average molecular weight is 530 g/mol. The number of nitrogens with zero attached hydrogens (tertiary/aromatic N) is 3. The molecule has 1 aliphatic rings. The Hall–Kier alpha value is -1.35. The lowest BCUT2D eigenvalue weighted by atomic mass is 9.92. The summed E-state index contributed by atoms with van der Waals surface area (Å²) in [5.74, 6) is 2.49. The Morgan fingerprint density at radius 1 is 1.13 bits per heavy atom. The van der Waals surface area contributed by atoms with E-state index in [9.17, 15) is 4.79 Å². The molecule has 2 unspecified atom stereocenters. The van der Waals surface area contributed by atoms with E-state index in [0.29, 0.717) is 12.1 Å². The fraction of sp³-hybridized carbons (Fsp3) is 0.652. The summed E-state index contributed by atoms with van der Waals surface area (Å²) in [6.07, 6.45) is 2.47. The highest BCUT2D eigenvalue weighted by Gasteiger charge is 2.20. The standard InChI is InChI=1S/C23H39N5O.HI/c1-6-24-23(25-12-7-13-28-16-18(2)14-19(3)17-28)26-15-20-8-10-21(11-9-20)22(29)27(4)5;/h8-11,18-19H,6-7,12-17H2,1-5H3,(H2,24,25,26);1H. The molecule has 7 heteroatoms. The van der Waals surface area contributed by atoms with Gasteiger partial charge in [-0.25, -0.2) is 4.99 Å². The van der Waals surface area contributed by atoms with Crippen LogP contribution in [0.2, 0.25) is 0 Å². The van der Waals surface area contributed by atoms with Gasteiger partial charge in [0.1, 0.15) is 0 Å². The number of amides is 1. The second-order valence-corrected chi connectivity index (χ2v) is 8.58. The van der Waals surface area contributed by atoms with Crippen molar-refractivity contribution in [3.63, 3.8) is 0 Å². The number of rotatable bonds is 8. The number of carbonyl (C=O) groups is 1. The van der Waals surface area contributed by atoms with Gasteiger partial charge in [-0.15, -0.1) is 24.0 Å². The van der Waals surface area contributed by atoms with Gasteiger partial charge in [-0.05, 0) is 55.8 Å². The third-order valence-corrected chi connectivity index (χ3v) is 5.26. The molecule has 1 amide bonds. The van der Waals surface area contributed by atoms with E-state index in [1.165, 1.54) is 19.5 Å². The smallest absolute Gasteiger partial charge is 0.253 e. The predicted octanol–water partition coefficient (Wildman–Crippen LogP) is 3.43. The van der Waals surface area contributed by atoms with Crippen LogP contribution < -0.4 is 10.6 Å². The number of halogens is 1. The highest BCUT2D eigenvalue weighted by atomic mass is 127. The molecule has 0 spiro atoms. The van der Waals surface area contributed by atoms with Crippen LogP contribution in [0.5, 0.6) is 0 Å². The molecule has 30 heavy (non-hydrogen) atoms. The molecule has 2 N–H and O–H groups in total. The summed E-state index contributed by atoms with van der Waals surface area (Å²) >= 11 is 0. The number of hydrogen-bond donors (Lipinski definition) is 2. The second kappa shape index (κ2) is 13.9. The summed E-state index contributed by atoms with van der Waals surface area (Å²) in [6.45, 7) is 12.7. The number of carbonyl (C=O) groups excluding carboxylic acids is 1. The molecule has 1 heterocycles. The summed E-state index contributed by atoms with van der Waals surface area (Å²) in [5.41, 5.74) is 1.79. The van der Waals surface area contributed by atoms with Crippen LogP contribution in [0.15, 0.2) is 29.3 Å². The monoisotopic (exact) mass is 529 g/mol. The van der Waals surface area contributed by atoms with E-state index in [1.807, 2.05) is 24.3 Å². The van der Waals surface area contributed by atoms with Crippen molar-refractivity contribution in [1.29, 1.82) is 0 Å². The molecule has 2 atom stereocenters. The number of nitrogens with one attached hydrogen (secondary N) is 2. The first-order valence-electron chi connectivity index (χ1n) is 10.9. The van der Waals surface area contributed by atoms with Gasteiger partial charge in [-0.2, -0.15) is 0 Å². The molecular formula is C23H40IN5O. The van der Waals surface area contributed by atoms with Crippen LogP contribution in [-0.2, 0) is 6.54 Å². The van der Waals surface area contributed by atoms with Crippen molar-refractivity contribution in [2.75, 3.05) is 46.8 Å². The summed E-state index contributed by atoms with van der Waals surface area (Å²) in [4.78, 5) is 20.9. The number of aliphatic imine (C=N–C) groups is 1. The zero-order valence-corrected chi connectivity index (χ0v) is 21.6. The van der Waals surface area contributed by atoms with Crippen molar-refractivity contribution in [2.45, 2.75) is 40.2 Å². The van der Waals surface area contributed by atoms with Gasteiger partial charge >= 0.3 is 0 Å². The molecule has 170 valence electrons. The van der Waals surface area contributed by atoms with Gasteiger partial charge in [0.05, 0.1) is 6.54 Å². The minimum atomic E-state index is 0. The maximum Gasteiger partial charge on any atom is 0.253 e. The molecule has 1 fully saturated rings. The SMILES string of the molecule is CCNC(=NCc1ccc(C(=O)N(C)C)cc1)NCCCN1CC(C)CC(C)C1.I. The highest BCUT2D eigenvalue weighted by molar-refractivity contribution is 14.0. The number of hydrogen-bond acceptors (Lipinski definition) is 3. The van der Waals surface area contributed by atoms with Crippen molar-refractivity contribution in [3.05, 3.63) is 35.4 Å². The second-order valence-electron chi connectivity index (χ2n) is 8.58. The van der Waals surface area contributed by atoms with E-state index in [0.717, 1.165) is 49.4 Å². The van der Waals surface area contributed by atoms with Crippen molar-refractivity contribution in [3.8, 4) is 0 Å². The van der Waals surface area contributed by atoms with Crippen LogP contribution in [0.4, 0.5) is 0 Å². The summed E-state index contributed by atoms with van der Waals surface area (Å²) in [7, 11) is 3.53. The maximum absolute atomic E-state index is 12.0. The van der Waals surface area contributed by atoms with E-state index in [2.05, 4.69) is 41.3 Å². The van der Waals surface area contributed by atoms with Crippen LogP contribution in [0.1, 0.15) is 49.5 Å². The zero-order chi connectivity index (χ0) is 21.2. The van der Waals surface area contributed by atoms with Crippen LogP contribution in [-0.4, -0.2) is 68.5 Å². The maximum atomic E-state index is 12.0. The molecule has 1 aliphatic heterocycles. The van der Waals surface area contributed by atoms with Gasteiger partial charge in [0, 0.05) is 45.8 Å². The first-order chi connectivity index (χ1) is 13.9. The molecule has 0 radical (unpaired) electrons. The van der Waals surface area contributed by atoms with Gasteiger partial charge in [-0.1, -0.05) is 26.0 Å². The van der Waals surface area contributed by atoms with Crippen LogP contribution in [0, 0.1) is 11.8 Å². The average Bonchev–Trinajstić information content (AvgIpc) is 2.68. The van der Waals surface area contributed by atoms with Crippen molar-refractivity contribution >= 4 is 35.8 Å². The molecule has 0 saturated carbocycles. The Morgan fingerprint density at radius 2 is 1.77 bits per heavy atom. The van der Waals surface area contributed by atoms with Gasteiger partial charge in [0.2, 0.25) is 0 Å². The highest BCUT2D eigenvalue weighted by Crippen LogP contribution is 2.20. The van der Waals surface area contributed by atoms with Crippen LogP contribution in [0.3, 0.4) is 0 Å². The molecule has 1 aromatic carbocycles. The quantitative estimate of drug-likeness (QED) is 0.235. The lowest BCUT2D eigenvalue weighted by Gasteiger charge is -2.35. The first-order valence-corrected chi connectivity index (χ1v) is 10.9. The number of benzene rings is 1. The summed E-state index contributed by atoms with van der Waals surface area (Å²) in [5, 5.41) is 6.76. The Labute approximate surface area is 199 Å². The molecule has 0 aliphatic carbocycles. The molecule has 6 nitrogen and oxygen atoms in total. The van der Waals surface area contributed by atoms with Crippen LogP contribution >= 0.6 is 24.0 Å². The third kappa shape index (κ3) is 9.20. The Morgan fingerprint density at radius 3 is 2.33 bits per heavy atom. The minimum Gasteiger partial charge on any atom is -0.357 e. The predicted molar refractivity (Wildman–Crippen MR) is 137 cm³/mol. The number of guanidine groups is 1. The van der Waals surface area contributed by atoms with E-state index in [4.69, 9.17) is 0 Å². The third-order valence-electron chi connectivity index (χ3n) is 5.26. The largest absolute Gasteiger partial charge is 0.357 e. The number of piperidine rings is 1. The topological polar surface area (TPSA) is 60.0 Å².